The third-order valence-corrected chi connectivity index (χ3v) is 5.20. The molecule has 4 nitrogen and oxygen atoms in total. The first-order chi connectivity index (χ1) is 12.1. The number of aryl methyl sites for hydroxylation is 1. The molecule has 0 N–H and O–H groups in total. The van der Waals surface area contributed by atoms with Gasteiger partial charge in [0.25, 0.3) is 5.91 Å². The molecular weight excluding hydrogens is 334 g/mol. The second-order valence-electron chi connectivity index (χ2n) is 6.51. The zero-order valence-corrected chi connectivity index (χ0v) is 15.6. The molecule has 1 aromatic heterocycles. The summed E-state index contributed by atoms with van der Waals surface area (Å²) in [6.45, 7) is 5.86. The molecule has 2 unspecified atom stereocenters. The number of amides is 1. The fraction of sp³-hybridized carbons (Fsp3) is 0.450. The predicted molar refractivity (Wildman–Crippen MR) is 100.0 cm³/mol. The summed E-state index contributed by atoms with van der Waals surface area (Å²) in [5.41, 5.74) is 1.12. The fourth-order valence-electron chi connectivity index (χ4n) is 3.06. The Morgan fingerprint density at radius 1 is 1.40 bits per heavy atom. The van der Waals surface area contributed by atoms with E-state index in [1.165, 1.54) is 4.88 Å². The minimum Gasteiger partial charge on any atom is -0.481 e. The quantitative estimate of drug-likeness (QED) is 0.749. The van der Waals surface area contributed by atoms with Gasteiger partial charge in [0.1, 0.15) is 5.75 Å². The van der Waals surface area contributed by atoms with Crippen LogP contribution in [0, 0.1) is 6.92 Å². The lowest BCUT2D eigenvalue weighted by Crippen LogP contribution is -2.43. The van der Waals surface area contributed by atoms with E-state index in [2.05, 4.69) is 6.07 Å². The molecule has 2 heterocycles. The first kappa shape index (κ1) is 18.0. The van der Waals surface area contributed by atoms with Crippen molar-refractivity contribution in [2.75, 3.05) is 13.2 Å². The first-order valence-electron chi connectivity index (χ1n) is 8.78. The molecule has 1 saturated heterocycles. The van der Waals surface area contributed by atoms with Crippen molar-refractivity contribution < 1.29 is 14.3 Å². The topological polar surface area (TPSA) is 38.8 Å². The molecule has 0 aliphatic carbocycles. The Balaban J connectivity index is 1.67. The van der Waals surface area contributed by atoms with E-state index in [9.17, 15) is 4.79 Å². The van der Waals surface area contributed by atoms with Gasteiger partial charge < -0.3 is 14.4 Å². The second kappa shape index (κ2) is 8.50. The van der Waals surface area contributed by atoms with Crippen LogP contribution in [0.25, 0.3) is 0 Å². The molecule has 1 aliphatic heterocycles. The Labute approximate surface area is 153 Å². The van der Waals surface area contributed by atoms with Crippen molar-refractivity contribution in [3.05, 3.63) is 52.2 Å². The van der Waals surface area contributed by atoms with Crippen LogP contribution in [-0.2, 0) is 16.1 Å². The van der Waals surface area contributed by atoms with E-state index in [4.69, 9.17) is 9.47 Å². The van der Waals surface area contributed by atoms with Gasteiger partial charge in [-0.2, -0.15) is 0 Å². The van der Waals surface area contributed by atoms with Crippen LogP contribution in [0.5, 0.6) is 5.75 Å². The van der Waals surface area contributed by atoms with Crippen molar-refractivity contribution in [2.24, 2.45) is 0 Å². The van der Waals surface area contributed by atoms with E-state index in [1.54, 1.807) is 11.3 Å². The van der Waals surface area contributed by atoms with Crippen LogP contribution in [0.4, 0.5) is 0 Å². The maximum absolute atomic E-state index is 13.0. The van der Waals surface area contributed by atoms with Gasteiger partial charge in [-0.1, -0.05) is 18.2 Å². The Morgan fingerprint density at radius 2 is 2.28 bits per heavy atom. The monoisotopic (exact) mass is 359 g/mol. The molecule has 0 saturated carbocycles. The van der Waals surface area contributed by atoms with Crippen LogP contribution in [0.3, 0.4) is 0 Å². The Bertz CT molecular complexity index is 680. The van der Waals surface area contributed by atoms with Crippen LogP contribution < -0.4 is 4.74 Å². The maximum Gasteiger partial charge on any atom is 0.263 e. The van der Waals surface area contributed by atoms with Crippen LogP contribution in [0.1, 0.15) is 30.2 Å². The molecule has 134 valence electrons. The van der Waals surface area contributed by atoms with Crippen LogP contribution in [0.15, 0.2) is 41.8 Å². The molecule has 0 bridgehead atoms. The predicted octanol–water partition coefficient (Wildman–Crippen LogP) is 4.03. The van der Waals surface area contributed by atoms with Gasteiger partial charge in [-0.3, -0.25) is 4.79 Å². The van der Waals surface area contributed by atoms with Crippen molar-refractivity contribution in [3.63, 3.8) is 0 Å². The number of hydrogen-bond donors (Lipinski definition) is 0. The molecular formula is C20H25NO3S. The van der Waals surface area contributed by atoms with E-state index in [1.807, 2.05) is 54.5 Å². The van der Waals surface area contributed by atoms with E-state index < -0.39 is 6.10 Å². The summed E-state index contributed by atoms with van der Waals surface area (Å²) in [7, 11) is 0. The third kappa shape index (κ3) is 5.06. The van der Waals surface area contributed by atoms with Crippen LogP contribution in [-0.4, -0.2) is 36.2 Å². The number of benzene rings is 1. The molecule has 5 heteroatoms. The van der Waals surface area contributed by atoms with E-state index >= 15 is 0 Å². The number of ether oxygens (including phenoxy) is 2. The van der Waals surface area contributed by atoms with Crippen LogP contribution >= 0.6 is 11.3 Å². The summed E-state index contributed by atoms with van der Waals surface area (Å²) in [6, 6.07) is 11.9. The highest BCUT2D eigenvalue weighted by atomic mass is 32.1. The lowest BCUT2D eigenvalue weighted by Gasteiger charge is -2.28. The van der Waals surface area contributed by atoms with Crippen molar-refractivity contribution in [1.29, 1.82) is 0 Å². The van der Waals surface area contributed by atoms with Gasteiger partial charge in [0.2, 0.25) is 0 Å². The molecule has 0 radical (unpaired) electrons. The summed E-state index contributed by atoms with van der Waals surface area (Å²) in [6.07, 6.45) is 1.70. The molecule has 1 aromatic carbocycles. The number of thiophene rings is 1. The highest BCUT2D eigenvalue weighted by molar-refractivity contribution is 7.09. The van der Waals surface area contributed by atoms with Gasteiger partial charge in [0, 0.05) is 18.0 Å². The summed E-state index contributed by atoms with van der Waals surface area (Å²) in [5, 5.41) is 2.04. The average molecular weight is 359 g/mol. The van der Waals surface area contributed by atoms with Crippen molar-refractivity contribution >= 4 is 17.2 Å². The highest BCUT2D eigenvalue weighted by Gasteiger charge is 2.27. The summed E-state index contributed by atoms with van der Waals surface area (Å²) in [5.74, 6) is 0.736. The molecule has 1 fully saturated rings. The van der Waals surface area contributed by atoms with Gasteiger partial charge >= 0.3 is 0 Å². The summed E-state index contributed by atoms with van der Waals surface area (Å²) in [4.78, 5) is 16.0. The molecule has 0 spiro atoms. The van der Waals surface area contributed by atoms with Gasteiger partial charge in [0.15, 0.2) is 6.10 Å². The number of nitrogens with zero attached hydrogens (tertiary/aromatic N) is 1. The van der Waals surface area contributed by atoms with Crippen molar-refractivity contribution in [3.8, 4) is 5.75 Å². The van der Waals surface area contributed by atoms with Gasteiger partial charge in [-0.05, 0) is 55.8 Å². The van der Waals surface area contributed by atoms with E-state index in [0.29, 0.717) is 13.1 Å². The Hall–Kier alpha value is -1.85. The van der Waals surface area contributed by atoms with E-state index in [-0.39, 0.29) is 12.0 Å². The largest absolute Gasteiger partial charge is 0.481 e. The lowest BCUT2D eigenvalue weighted by molar-refractivity contribution is -0.140. The Morgan fingerprint density at radius 3 is 2.96 bits per heavy atom. The minimum atomic E-state index is -0.525. The van der Waals surface area contributed by atoms with Gasteiger partial charge in [0.05, 0.1) is 12.6 Å². The molecule has 2 aromatic rings. The molecule has 25 heavy (non-hydrogen) atoms. The van der Waals surface area contributed by atoms with Gasteiger partial charge in [-0.25, -0.2) is 0 Å². The number of rotatable bonds is 7. The smallest absolute Gasteiger partial charge is 0.263 e. The Kier molecular flexibility index (Phi) is 6.10. The third-order valence-electron chi connectivity index (χ3n) is 4.34. The van der Waals surface area contributed by atoms with E-state index in [0.717, 1.165) is 30.8 Å². The second-order valence-corrected chi connectivity index (χ2v) is 7.54. The molecule has 1 aliphatic rings. The summed E-state index contributed by atoms with van der Waals surface area (Å²) < 4.78 is 11.6. The normalized spacial score (nSPS) is 18.1. The molecule has 1 amide bonds. The first-order valence-corrected chi connectivity index (χ1v) is 9.66. The average Bonchev–Trinajstić information content (AvgIpc) is 3.27. The fourth-order valence-corrected chi connectivity index (χ4v) is 3.78. The molecule has 3 rings (SSSR count). The minimum absolute atomic E-state index is 0.00501. The number of carbonyl (C=O) groups is 1. The van der Waals surface area contributed by atoms with Gasteiger partial charge in [-0.15, -0.1) is 11.3 Å². The highest BCUT2D eigenvalue weighted by Crippen LogP contribution is 2.20. The lowest BCUT2D eigenvalue weighted by atomic mass is 10.2. The zero-order chi connectivity index (χ0) is 17.6. The molecule has 2 atom stereocenters. The standard InChI is InChI=1S/C20H25NO3S/c1-15-6-3-7-17(12-15)24-16(2)20(22)21(13-18-8-4-10-23-18)14-19-9-5-11-25-19/h3,5-7,9,11-12,16,18H,4,8,10,13-14H2,1-2H3. The SMILES string of the molecule is Cc1cccc(OC(C)C(=O)N(Cc2cccs2)CC2CCCO2)c1. The summed E-state index contributed by atoms with van der Waals surface area (Å²) >= 11 is 1.67. The maximum atomic E-state index is 13.0. The number of carbonyl (C=O) groups excluding carboxylic acids is 1. The van der Waals surface area contributed by atoms with Crippen molar-refractivity contribution in [1.82, 2.24) is 4.90 Å². The zero-order valence-electron chi connectivity index (χ0n) is 14.8. The van der Waals surface area contributed by atoms with Crippen LogP contribution in [0.2, 0.25) is 0 Å². The van der Waals surface area contributed by atoms with Crippen molar-refractivity contribution in [2.45, 2.75) is 45.4 Å². The number of hydrogen-bond acceptors (Lipinski definition) is 4.